The van der Waals surface area contributed by atoms with Gasteiger partial charge < -0.3 is 24.4 Å². The number of ether oxygens (including phenoxy) is 3. The highest BCUT2D eigenvalue weighted by molar-refractivity contribution is 5.70. The van der Waals surface area contributed by atoms with Crippen molar-refractivity contribution in [2.75, 3.05) is 56.9 Å². The van der Waals surface area contributed by atoms with Crippen molar-refractivity contribution in [1.29, 1.82) is 0 Å². The lowest BCUT2D eigenvalue weighted by Crippen LogP contribution is -2.46. The highest BCUT2D eigenvalue weighted by Crippen LogP contribution is 2.34. The van der Waals surface area contributed by atoms with Crippen LogP contribution in [0.4, 0.5) is 17.3 Å². The molecule has 0 spiro atoms. The number of nitrogens with one attached hydrogen (secondary N) is 1. The van der Waals surface area contributed by atoms with E-state index in [0.717, 1.165) is 36.7 Å². The van der Waals surface area contributed by atoms with Crippen molar-refractivity contribution in [3.63, 3.8) is 0 Å². The van der Waals surface area contributed by atoms with Crippen LogP contribution in [0, 0.1) is 10.1 Å². The van der Waals surface area contributed by atoms with Crippen LogP contribution in [0.25, 0.3) is 0 Å². The first-order valence-corrected chi connectivity index (χ1v) is 10.2. The summed E-state index contributed by atoms with van der Waals surface area (Å²) in [5, 5.41) is 14.9. The molecule has 0 saturated carbocycles. The Bertz CT molecular complexity index is 934. The lowest BCUT2D eigenvalue weighted by Gasteiger charge is -2.35. The Morgan fingerprint density at radius 2 is 2.00 bits per heavy atom. The Hall–Kier alpha value is -3.18. The van der Waals surface area contributed by atoms with Crippen LogP contribution < -0.4 is 19.7 Å². The minimum Gasteiger partial charge on any atom is -0.454 e. The molecular formula is C20H26N6O5. The molecule has 11 heteroatoms. The molecule has 1 atom stereocenters. The number of benzene rings is 1. The SMILES string of the molecule is COCC(C)Nc1ncnc(N2CCN(Cc3ccc4c(c3)OCO4)CC2)c1[N+](=O)[O-]. The van der Waals surface area contributed by atoms with E-state index in [1.807, 2.05) is 30.0 Å². The van der Waals surface area contributed by atoms with E-state index in [4.69, 9.17) is 14.2 Å². The number of nitrogens with zero attached hydrogens (tertiary/aromatic N) is 5. The number of aromatic nitrogens is 2. The zero-order chi connectivity index (χ0) is 21.8. The van der Waals surface area contributed by atoms with Crippen LogP contribution in [0.2, 0.25) is 0 Å². The molecule has 4 rings (SSSR count). The monoisotopic (exact) mass is 430 g/mol. The summed E-state index contributed by atoms with van der Waals surface area (Å²) in [7, 11) is 1.58. The van der Waals surface area contributed by atoms with Crippen molar-refractivity contribution in [2.24, 2.45) is 0 Å². The van der Waals surface area contributed by atoms with Gasteiger partial charge in [0.05, 0.1) is 11.5 Å². The number of rotatable bonds is 8. The fraction of sp³-hybridized carbons (Fsp3) is 0.500. The largest absolute Gasteiger partial charge is 0.454 e. The Kier molecular flexibility index (Phi) is 6.33. The molecule has 1 aromatic carbocycles. The Balaban J connectivity index is 1.42. The maximum absolute atomic E-state index is 11.8. The van der Waals surface area contributed by atoms with Gasteiger partial charge in [-0.3, -0.25) is 15.0 Å². The number of piperazine rings is 1. The summed E-state index contributed by atoms with van der Waals surface area (Å²) in [6.45, 7) is 6.12. The van der Waals surface area contributed by atoms with Crippen LogP contribution in [0.5, 0.6) is 11.5 Å². The minimum absolute atomic E-state index is 0.102. The molecule has 166 valence electrons. The van der Waals surface area contributed by atoms with Gasteiger partial charge in [-0.05, 0) is 24.6 Å². The number of methoxy groups -OCH3 is 1. The molecule has 0 radical (unpaired) electrons. The van der Waals surface area contributed by atoms with E-state index in [0.29, 0.717) is 25.5 Å². The summed E-state index contributed by atoms with van der Waals surface area (Å²) in [6, 6.07) is 5.85. The van der Waals surface area contributed by atoms with Gasteiger partial charge in [0, 0.05) is 45.9 Å². The first-order chi connectivity index (χ1) is 15.0. The van der Waals surface area contributed by atoms with Crippen LogP contribution >= 0.6 is 0 Å². The summed E-state index contributed by atoms with van der Waals surface area (Å²) in [5.41, 5.74) is 1.04. The zero-order valence-corrected chi connectivity index (χ0v) is 17.6. The highest BCUT2D eigenvalue weighted by atomic mass is 16.7. The lowest BCUT2D eigenvalue weighted by molar-refractivity contribution is -0.383. The third kappa shape index (κ3) is 4.78. The van der Waals surface area contributed by atoms with Gasteiger partial charge in [-0.15, -0.1) is 0 Å². The molecule has 0 amide bonds. The van der Waals surface area contributed by atoms with E-state index in [9.17, 15) is 10.1 Å². The summed E-state index contributed by atoms with van der Waals surface area (Å²) in [6.07, 6.45) is 1.36. The van der Waals surface area contributed by atoms with Gasteiger partial charge in [-0.1, -0.05) is 6.07 Å². The predicted molar refractivity (Wildman–Crippen MR) is 114 cm³/mol. The van der Waals surface area contributed by atoms with Gasteiger partial charge in [0.1, 0.15) is 6.33 Å². The lowest BCUT2D eigenvalue weighted by atomic mass is 10.1. The second kappa shape index (κ2) is 9.31. The van der Waals surface area contributed by atoms with Gasteiger partial charge >= 0.3 is 5.69 Å². The summed E-state index contributed by atoms with van der Waals surface area (Å²) in [4.78, 5) is 24.0. The molecule has 1 N–H and O–H groups in total. The van der Waals surface area contributed by atoms with Crippen LogP contribution in [0.1, 0.15) is 12.5 Å². The molecule has 1 fully saturated rings. The number of fused-ring (bicyclic) bond motifs is 1. The van der Waals surface area contributed by atoms with E-state index < -0.39 is 4.92 Å². The van der Waals surface area contributed by atoms with Crippen LogP contribution in [-0.2, 0) is 11.3 Å². The fourth-order valence-electron chi connectivity index (χ4n) is 3.81. The normalized spacial score (nSPS) is 16.9. The van der Waals surface area contributed by atoms with Crippen molar-refractivity contribution in [2.45, 2.75) is 19.5 Å². The smallest absolute Gasteiger partial charge is 0.353 e. The van der Waals surface area contributed by atoms with Crippen molar-refractivity contribution >= 4 is 17.3 Å². The first-order valence-electron chi connectivity index (χ1n) is 10.2. The van der Waals surface area contributed by atoms with E-state index in [1.54, 1.807) is 7.11 Å². The summed E-state index contributed by atoms with van der Waals surface area (Å²) >= 11 is 0. The molecule has 2 aliphatic heterocycles. The number of hydrogen-bond donors (Lipinski definition) is 1. The van der Waals surface area contributed by atoms with Crippen molar-refractivity contribution in [3.8, 4) is 11.5 Å². The Morgan fingerprint density at radius 3 is 2.74 bits per heavy atom. The highest BCUT2D eigenvalue weighted by Gasteiger charge is 2.30. The molecule has 3 heterocycles. The molecule has 1 saturated heterocycles. The van der Waals surface area contributed by atoms with Gasteiger partial charge in [-0.25, -0.2) is 9.97 Å². The second-order valence-electron chi connectivity index (χ2n) is 7.60. The molecule has 2 aromatic rings. The maximum Gasteiger partial charge on any atom is 0.353 e. The second-order valence-corrected chi connectivity index (χ2v) is 7.60. The standard InChI is InChI=1S/C20H26N6O5/c1-14(11-29-2)23-19-18(26(27)28)20(22-12-21-19)25-7-5-24(6-8-25)10-15-3-4-16-17(9-15)31-13-30-16/h3-4,9,12,14H,5-8,10-11,13H2,1-2H3,(H,21,22,23). The molecule has 0 aliphatic carbocycles. The molecule has 31 heavy (non-hydrogen) atoms. The van der Waals surface area contributed by atoms with Crippen molar-refractivity contribution < 1.29 is 19.1 Å². The maximum atomic E-state index is 11.8. The van der Waals surface area contributed by atoms with Crippen LogP contribution in [0.15, 0.2) is 24.5 Å². The topological polar surface area (TPSA) is 115 Å². The third-order valence-electron chi connectivity index (χ3n) is 5.30. The average Bonchev–Trinajstić information content (AvgIpc) is 3.22. The third-order valence-corrected chi connectivity index (χ3v) is 5.30. The van der Waals surface area contributed by atoms with Gasteiger partial charge in [0.25, 0.3) is 0 Å². The first kappa shape index (κ1) is 21.1. The molecular weight excluding hydrogens is 404 g/mol. The van der Waals surface area contributed by atoms with Gasteiger partial charge in [0.15, 0.2) is 11.5 Å². The average molecular weight is 430 g/mol. The van der Waals surface area contributed by atoms with E-state index in [2.05, 4.69) is 20.2 Å². The molecule has 1 unspecified atom stereocenters. The molecule has 1 aromatic heterocycles. The minimum atomic E-state index is -0.420. The Labute approximate surface area is 180 Å². The Morgan fingerprint density at radius 1 is 1.23 bits per heavy atom. The van der Waals surface area contributed by atoms with E-state index >= 15 is 0 Å². The molecule has 2 aliphatic rings. The number of anilines is 2. The summed E-state index contributed by atoms with van der Waals surface area (Å²) < 4.78 is 15.9. The number of hydrogen-bond acceptors (Lipinski definition) is 10. The quantitative estimate of drug-likeness (QED) is 0.492. The van der Waals surface area contributed by atoms with Gasteiger partial charge in [-0.2, -0.15) is 0 Å². The zero-order valence-electron chi connectivity index (χ0n) is 17.6. The van der Waals surface area contributed by atoms with Crippen LogP contribution in [-0.4, -0.2) is 72.5 Å². The van der Waals surface area contributed by atoms with Crippen molar-refractivity contribution in [1.82, 2.24) is 14.9 Å². The van der Waals surface area contributed by atoms with Crippen LogP contribution in [0.3, 0.4) is 0 Å². The molecule has 11 nitrogen and oxygen atoms in total. The van der Waals surface area contributed by atoms with E-state index in [1.165, 1.54) is 6.33 Å². The van der Waals surface area contributed by atoms with Crippen molar-refractivity contribution in [3.05, 3.63) is 40.2 Å². The fourth-order valence-corrected chi connectivity index (χ4v) is 3.81. The predicted octanol–water partition coefficient (Wildman–Crippen LogP) is 1.88. The summed E-state index contributed by atoms with van der Waals surface area (Å²) in [5.74, 6) is 2.10. The molecule has 0 bridgehead atoms. The van der Waals surface area contributed by atoms with E-state index in [-0.39, 0.29) is 24.3 Å². The van der Waals surface area contributed by atoms with Gasteiger partial charge in [0.2, 0.25) is 18.4 Å². The number of nitro groups is 1.